The average Bonchev–Trinajstić information content (AvgIpc) is 2.30. The van der Waals surface area contributed by atoms with E-state index in [9.17, 15) is 8.78 Å². The minimum Gasteiger partial charge on any atom is -0.204 e. The van der Waals surface area contributed by atoms with Gasteiger partial charge < -0.3 is 0 Å². The van der Waals surface area contributed by atoms with Gasteiger partial charge in [-0.05, 0) is 30.0 Å². The van der Waals surface area contributed by atoms with E-state index in [4.69, 9.17) is 0 Å². The van der Waals surface area contributed by atoms with E-state index in [2.05, 4.69) is 0 Å². The topological polar surface area (TPSA) is 0 Å². The molecule has 0 amide bonds. The molecule has 0 saturated carbocycles. The second-order valence-corrected chi connectivity index (χ2v) is 3.29. The summed E-state index contributed by atoms with van der Waals surface area (Å²) in [6, 6.07) is 2.94. The summed E-state index contributed by atoms with van der Waals surface area (Å²) in [6.45, 7) is 13.5. The molecule has 0 N–H and O–H groups in total. The number of halogens is 2. The summed E-state index contributed by atoms with van der Waals surface area (Å²) in [5, 5.41) is 0. The summed E-state index contributed by atoms with van der Waals surface area (Å²) in [4.78, 5) is 0. The van der Waals surface area contributed by atoms with Gasteiger partial charge in [-0.2, -0.15) is 0 Å². The lowest BCUT2D eigenvalue weighted by Gasteiger charge is -2.07. The van der Waals surface area contributed by atoms with Crippen molar-refractivity contribution >= 4 is 0 Å². The first-order chi connectivity index (χ1) is 7.52. The largest absolute Gasteiger partial charge is 0.204 e. The molecule has 1 aromatic rings. The van der Waals surface area contributed by atoms with Crippen molar-refractivity contribution in [3.05, 3.63) is 34.9 Å². The molecule has 0 atom stereocenters. The van der Waals surface area contributed by atoms with Gasteiger partial charge in [0.15, 0.2) is 11.6 Å². The van der Waals surface area contributed by atoms with Gasteiger partial charge in [-0.3, -0.25) is 0 Å². The van der Waals surface area contributed by atoms with E-state index < -0.39 is 11.6 Å². The molecule has 0 bridgehead atoms. The van der Waals surface area contributed by atoms with E-state index in [0.717, 1.165) is 5.56 Å². The van der Waals surface area contributed by atoms with E-state index in [1.165, 1.54) is 6.07 Å². The fourth-order valence-electron chi connectivity index (χ4n) is 1.09. The van der Waals surface area contributed by atoms with Crippen LogP contribution in [0.3, 0.4) is 0 Å². The number of benzene rings is 1. The van der Waals surface area contributed by atoms with Crippen LogP contribution in [-0.4, -0.2) is 0 Å². The van der Waals surface area contributed by atoms with E-state index in [0.29, 0.717) is 5.56 Å². The molecule has 1 rings (SSSR count). The van der Waals surface area contributed by atoms with Crippen molar-refractivity contribution in [1.29, 1.82) is 0 Å². The lowest BCUT2D eigenvalue weighted by Crippen LogP contribution is -1.95. The summed E-state index contributed by atoms with van der Waals surface area (Å²) >= 11 is 0. The number of aryl methyl sites for hydroxylation is 1. The van der Waals surface area contributed by atoms with Gasteiger partial charge in [0.2, 0.25) is 0 Å². The predicted octanol–water partition coefficient (Wildman–Crippen LogP) is 5.45. The molecule has 2 heteroatoms. The van der Waals surface area contributed by atoms with Gasteiger partial charge in [0, 0.05) is 0 Å². The fourth-order valence-corrected chi connectivity index (χ4v) is 1.09. The SMILES string of the molecule is CC.CC.Cc1cc(C(C)C)cc(F)c1F. The van der Waals surface area contributed by atoms with E-state index in [1.807, 2.05) is 41.5 Å². The molecule has 16 heavy (non-hydrogen) atoms. The van der Waals surface area contributed by atoms with Crippen LogP contribution in [0.25, 0.3) is 0 Å². The highest BCUT2D eigenvalue weighted by Gasteiger charge is 2.08. The lowest BCUT2D eigenvalue weighted by molar-refractivity contribution is 0.500. The molecule has 0 radical (unpaired) electrons. The highest BCUT2D eigenvalue weighted by molar-refractivity contribution is 5.27. The van der Waals surface area contributed by atoms with E-state index in [1.54, 1.807) is 13.0 Å². The highest BCUT2D eigenvalue weighted by Crippen LogP contribution is 2.20. The van der Waals surface area contributed by atoms with Crippen LogP contribution in [0.4, 0.5) is 8.78 Å². The lowest BCUT2D eigenvalue weighted by atomic mass is 10.0. The number of hydrogen-bond acceptors (Lipinski definition) is 0. The summed E-state index contributed by atoms with van der Waals surface area (Å²) in [5.41, 5.74) is 1.21. The minimum atomic E-state index is -0.751. The Morgan fingerprint density at radius 1 is 0.938 bits per heavy atom. The third kappa shape index (κ3) is 5.24. The summed E-state index contributed by atoms with van der Waals surface area (Å²) < 4.78 is 25.6. The summed E-state index contributed by atoms with van der Waals surface area (Å²) in [6.07, 6.45) is 0. The monoisotopic (exact) mass is 230 g/mol. The Kier molecular flexibility index (Phi) is 10.2. The van der Waals surface area contributed by atoms with Crippen molar-refractivity contribution < 1.29 is 8.78 Å². The fraction of sp³-hybridized carbons (Fsp3) is 0.571. The molecule has 0 unspecified atom stereocenters. The number of rotatable bonds is 1. The summed E-state index contributed by atoms with van der Waals surface area (Å²) in [5.74, 6) is -1.25. The molecule has 0 aromatic heterocycles. The quantitative estimate of drug-likeness (QED) is 0.602. The van der Waals surface area contributed by atoms with Crippen LogP contribution in [0.5, 0.6) is 0 Å². The third-order valence-corrected chi connectivity index (χ3v) is 1.90. The average molecular weight is 230 g/mol. The molecule has 0 aliphatic rings. The maximum Gasteiger partial charge on any atom is 0.161 e. The summed E-state index contributed by atoms with van der Waals surface area (Å²) in [7, 11) is 0. The Labute approximate surface area is 98.7 Å². The zero-order valence-electron chi connectivity index (χ0n) is 11.5. The molecule has 0 heterocycles. The third-order valence-electron chi connectivity index (χ3n) is 1.90. The van der Waals surface area contributed by atoms with Crippen molar-refractivity contribution in [1.82, 2.24) is 0 Å². The minimum absolute atomic E-state index is 0.235. The molecule has 0 aliphatic heterocycles. The molecule has 94 valence electrons. The maximum absolute atomic E-state index is 12.8. The van der Waals surface area contributed by atoms with Gasteiger partial charge in [0.05, 0.1) is 0 Å². The van der Waals surface area contributed by atoms with Crippen LogP contribution in [-0.2, 0) is 0 Å². The van der Waals surface area contributed by atoms with Crippen molar-refractivity contribution in [2.75, 3.05) is 0 Å². The van der Waals surface area contributed by atoms with Gasteiger partial charge in [-0.15, -0.1) is 0 Å². The Hall–Kier alpha value is -0.920. The normalized spacial score (nSPS) is 8.88. The second kappa shape index (κ2) is 9.32. The van der Waals surface area contributed by atoms with Crippen molar-refractivity contribution in [2.24, 2.45) is 0 Å². The zero-order chi connectivity index (χ0) is 13.3. The molecular weight excluding hydrogens is 206 g/mol. The van der Waals surface area contributed by atoms with Gasteiger partial charge in [-0.25, -0.2) is 8.78 Å². The van der Waals surface area contributed by atoms with Crippen LogP contribution in [0.15, 0.2) is 12.1 Å². The first-order valence-electron chi connectivity index (χ1n) is 5.98. The van der Waals surface area contributed by atoms with Gasteiger partial charge in [0.1, 0.15) is 0 Å². The van der Waals surface area contributed by atoms with Crippen molar-refractivity contribution in [2.45, 2.75) is 54.4 Å². The van der Waals surface area contributed by atoms with Crippen LogP contribution >= 0.6 is 0 Å². The Morgan fingerprint density at radius 3 is 1.69 bits per heavy atom. The molecule has 0 spiro atoms. The van der Waals surface area contributed by atoms with Crippen LogP contribution in [0, 0.1) is 18.6 Å². The van der Waals surface area contributed by atoms with Crippen molar-refractivity contribution in [3.8, 4) is 0 Å². The highest BCUT2D eigenvalue weighted by atomic mass is 19.2. The smallest absolute Gasteiger partial charge is 0.161 e. The predicted molar refractivity (Wildman–Crippen MR) is 67.9 cm³/mol. The molecule has 0 nitrogen and oxygen atoms in total. The molecule has 0 aliphatic carbocycles. The van der Waals surface area contributed by atoms with Crippen LogP contribution in [0.2, 0.25) is 0 Å². The second-order valence-electron chi connectivity index (χ2n) is 3.29. The molecular formula is C14H24F2. The Morgan fingerprint density at radius 2 is 1.38 bits per heavy atom. The van der Waals surface area contributed by atoms with Crippen LogP contribution in [0.1, 0.15) is 58.6 Å². The standard InChI is InChI=1S/C10H12F2.2C2H6/c1-6(2)8-4-7(3)10(12)9(11)5-8;2*1-2/h4-6H,1-3H3;2*1-2H3. The molecule has 0 saturated heterocycles. The first-order valence-corrected chi connectivity index (χ1v) is 5.98. The Bertz CT molecular complexity index is 268. The van der Waals surface area contributed by atoms with Gasteiger partial charge >= 0.3 is 0 Å². The van der Waals surface area contributed by atoms with Crippen LogP contribution < -0.4 is 0 Å². The van der Waals surface area contributed by atoms with E-state index in [-0.39, 0.29) is 5.92 Å². The zero-order valence-corrected chi connectivity index (χ0v) is 11.5. The van der Waals surface area contributed by atoms with Crippen molar-refractivity contribution in [3.63, 3.8) is 0 Å². The number of hydrogen-bond donors (Lipinski definition) is 0. The van der Waals surface area contributed by atoms with Gasteiger partial charge in [0.25, 0.3) is 0 Å². The Balaban J connectivity index is 0. The maximum atomic E-state index is 12.8. The first kappa shape index (κ1) is 17.5. The molecule has 0 fully saturated rings. The molecule has 1 aromatic carbocycles. The van der Waals surface area contributed by atoms with E-state index >= 15 is 0 Å². The van der Waals surface area contributed by atoms with Gasteiger partial charge in [-0.1, -0.05) is 47.6 Å².